The SMILES string of the molecule is C/C(=N\c1c(C(C)C)cccc1C(C)C)c1ccnc(/C(C)=N/c2c(C(C)C)cccc2C(C)C)n1. The molecule has 0 aliphatic heterocycles. The number of nitrogens with zero attached hydrogens (tertiary/aromatic N) is 4. The van der Waals surface area contributed by atoms with Crippen LogP contribution in [0, 0.1) is 0 Å². The summed E-state index contributed by atoms with van der Waals surface area (Å²) in [7, 11) is 0. The monoisotopic (exact) mass is 482 g/mol. The molecule has 0 fully saturated rings. The minimum absolute atomic E-state index is 0.382. The number of benzene rings is 2. The van der Waals surface area contributed by atoms with Crippen molar-refractivity contribution in [1.29, 1.82) is 0 Å². The summed E-state index contributed by atoms with van der Waals surface area (Å²) in [6.45, 7) is 21.8. The molecule has 36 heavy (non-hydrogen) atoms. The quantitative estimate of drug-likeness (QED) is 0.300. The maximum Gasteiger partial charge on any atom is 0.174 e. The van der Waals surface area contributed by atoms with Gasteiger partial charge in [0, 0.05) is 6.20 Å². The van der Waals surface area contributed by atoms with E-state index in [0.29, 0.717) is 29.5 Å². The van der Waals surface area contributed by atoms with E-state index < -0.39 is 0 Å². The molecule has 0 N–H and O–H groups in total. The molecule has 0 spiro atoms. The maximum atomic E-state index is 5.12. The number of hydrogen-bond donors (Lipinski definition) is 0. The molecular weight excluding hydrogens is 440 g/mol. The molecule has 0 amide bonds. The van der Waals surface area contributed by atoms with Crippen molar-refractivity contribution in [2.24, 2.45) is 9.98 Å². The molecule has 0 bridgehead atoms. The fourth-order valence-electron chi connectivity index (χ4n) is 4.46. The van der Waals surface area contributed by atoms with Crippen molar-refractivity contribution in [2.45, 2.75) is 92.9 Å². The van der Waals surface area contributed by atoms with E-state index in [1.807, 2.05) is 26.1 Å². The number of rotatable bonds is 8. The maximum absolute atomic E-state index is 5.12. The molecule has 2 aromatic carbocycles. The van der Waals surface area contributed by atoms with E-state index in [0.717, 1.165) is 28.5 Å². The van der Waals surface area contributed by atoms with Gasteiger partial charge in [-0.15, -0.1) is 0 Å². The lowest BCUT2D eigenvalue weighted by molar-refractivity contribution is 0.834. The predicted molar refractivity (Wildman–Crippen MR) is 155 cm³/mol. The summed E-state index contributed by atoms with van der Waals surface area (Å²) < 4.78 is 0. The van der Waals surface area contributed by atoms with Crippen LogP contribution in [0.1, 0.15) is 127 Å². The van der Waals surface area contributed by atoms with Crippen LogP contribution in [0.25, 0.3) is 0 Å². The van der Waals surface area contributed by atoms with Crippen molar-refractivity contribution in [3.05, 3.63) is 82.4 Å². The van der Waals surface area contributed by atoms with Crippen LogP contribution >= 0.6 is 0 Å². The van der Waals surface area contributed by atoms with Crippen LogP contribution in [0.2, 0.25) is 0 Å². The molecule has 3 aromatic rings. The molecule has 0 atom stereocenters. The summed E-state index contributed by atoms with van der Waals surface area (Å²) in [5.74, 6) is 2.18. The number of para-hydroxylation sites is 2. The van der Waals surface area contributed by atoms with E-state index in [9.17, 15) is 0 Å². The van der Waals surface area contributed by atoms with Crippen LogP contribution in [-0.2, 0) is 0 Å². The summed E-state index contributed by atoms with van der Waals surface area (Å²) in [6.07, 6.45) is 1.81. The molecule has 0 saturated heterocycles. The van der Waals surface area contributed by atoms with Gasteiger partial charge in [0.25, 0.3) is 0 Å². The third-order valence-corrected chi connectivity index (χ3v) is 6.59. The fraction of sp³-hybridized carbons (Fsp3) is 0.438. The Hall–Kier alpha value is -3.14. The Morgan fingerprint density at radius 2 is 0.972 bits per heavy atom. The summed E-state index contributed by atoms with van der Waals surface area (Å²) >= 11 is 0. The van der Waals surface area contributed by atoms with Gasteiger partial charge in [0.15, 0.2) is 5.82 Å². The Balaban J connectivity index is 2.08. The Bertz CT molecular complexity index is 1120. The van der Waals surface area contributed by atoms with Crippen molar-refractivity contribution >= 4 is 22.8 Å². The van der Waals surface area contributed by atoms with Crippen LogP contribution < -0.4 is 0 Å². The zero-order valence-electron chi connectivity index (χ0n) is 23.7. The van der Waals surface area contributed by atoms with Gasteiger partial charge in [0.05, 0.1) is 28.5 Å². The van der Waals surface area contributed by atoms with Crippen molar-refractivity contribution in [3.8, 4) is 0 Å². The molecule has 0 unspecified atom stereocenters. The summed E-state index contributed by atoms with van der Waals surface area (Å²) in [6, 6.07) is 14.9. The Morgan fingerprint density at radius 3 is 1.36 bits per heavy atom. The predicted octanol–water partition coefficient (Wildman–Crippen LogP) is 9.25. The number of aliphatic imine (C=N–C) groups is 2. The zero-order valence-corrected chi connectivity index (χ0v) is 23.7. The van der Waals surface area contributed by atoms with Crippen LogP contribution in [0.4, 0.5) is 11.4 Å². The van der Waals surface area contributed by atoms with E-state index in [4.69, 9.17) is 15.0 Å². The van der Waals surface area contributed by atoms with Gasteiger partial charge >= 0.3 is 0 Å². The van der Waals surface area contributed by atoms with Crippen LogP contribution in [0.3, 0.4) is 0 Å². The molecule has 0 radical (unpaired) electrons. The molecule has 1 heterocycles. The second-order valence-electron chi connectivity index (χ2n) is 10.8. The van der Waals surface area contributed by atoms with Gasteiger partial charge in [-0.25, -0.2) is 15.0 Å². The fourth-order valence-corrected chi connectivity index (χ4v) is 4.46. The number of hydrogen-bond acceptors (Lipinski definition) is 4. The van der Waals surface area contributed by atoms with Gasteiger partial charge in [-0.1, -0.05) is 91.8 Å². The molecular formula is C32H42N4. The Morgan fingerprint density at radius 1 is 0.583 bits per heavy atom. The lowest BCUT2D eigenvalue weighted by Crippen LogP contribution is -2.08. The second-order valence-corrected chi connectivity index (χ2v) is 10.8. The van der Waals surface area contributed by atoms with Crippen molar-refractivity contribution in [3.63, 3.8) is 0 Å². The minimum atomic E-state index is 0.382. The summed E-state index contributed by atoms with van der Waals surface area (Å²) in [5.41, 5.74) is 9.66. The van der Waals surface area contributed by atoms with E-state index >= 15 is 0 Å². The first-order chi connectivity index (χ1) is 17.0. The molecule has 0 saturated carbocycles. The van der Waals surface area contributed by atoms with E-state index in [1.54, 1.807) is 0 Å². The van der Waals surface area contributed by atoms with Crippen molar-refractivity contribution < 1.29 is 0 Å². The molecule has 4 heteroatoms. The molecule has 190 valence electrons. The highest BCUT2D eigenvalue weighted by atomic mass is 14.9. The smallest absolute Gasteiger partial charge is 0.174 e. The van der Waals surface area contributed by atoms with Crippen molar-refractivity contribution in [1.82, 2.24) is 9.97 Å². The Kier molecular flexibility index (Phi) is 8.94. The van der Waals surface area contributed by atoms with Crippen LogP contribution in [-0.4, -0.2) is 21.4 Å². The van der Waals surface area contributed by atoms with E-state index in [2.05, 4.69) is 96.8 Å². The van der Waals surface area contributed by atoms with Crippen molar-refractivity contribution in [2.75, 3.05) is 0 Å². The molecule has 4 nitrogen and oxygen atoms in total. The normalized spacial score (nSPS) is 12.9. The average molecular weight is 483 g/mol. The third kappa shape index (κ3) is 6.16. The second kappa shape index (κ2) is 11.7. The summed E-state index contributed by atoms with van der Waals surface area (Å²) in [4.78, 5) is 19.7. The topological polar surface area (TPSA) is 50.5 Å². The van der Waals surface area contributed by atoms with Crippen LogP contribution in [0.5, 0.6) is 0 Å². The lowest BCUT2D eigenvalue weighted by atomic mass is 9.93. The largest absolute Gasteiger partial charge is 0.251 e. The average Bonchev–Trinajstić information content (AvgIpc) is 2.83. The van der Waals surface area contributed by atoms with Gasteiger partial charge in [0.2, 0.25) is 0 Å². The van der Waals surface area contributed by atoms with Gasteiger partial charge in [0.1, 0.15) is 0 Å². The first-order valence-corrected chi connectivity index (χ1v) is 13.2. The summed E-state index contributed by atoms with van der Waals surface area (Å²) in [5, 5.41) is 0. The van der Waals surface area contributed by atoms with Gasteiger partial charge in [-0.05, 0) is 65.8 Å². The van der Waals surface area contributed by atoms with Gasteiger partial charge < -0.3 is 0 Å². The zero-order chi connectivity index (χ0) is 26.6. The standard InChI is InChI=1S/C32H42N4/c1-19(2)25-13-11-14-26(20(3)4)30(25)34-23(9)29-17-18-33-32(36-29)24(10)35-31-27(21(5)6)15-12-16-28(31)22(7)8/h11-22H,1-10H3/b34-23+,35-24+. The first-order valence-electron chi connectivity index (χ1n) is 13.2. The molecule has 0 aliphatic carbocycles. The minimum Gasteiger partial charge on any atom is -0.251 e. The third-order valence-electron chi connectivity index (χ3n) is 6.59. The Labute approximate surface area is 218 Å². The van der Waals surface area contributed by atoms with E-state index in [-0.39, 0.29) is 0 Å². The lowest BCUT2D eigenvalue weighted by Gasteiger charge is -2.17. The molecule has 0 aliphatic rings. The van der Waals surface area contributed by atoms with Gasteiger partial charge in [-0.3, -0.25) is 4.99 Å². The first kappa shape index (κ1) is 27.4. The van der Waals surface area contributed by atoms with Crippen LogP contribution in [0.15, 0.2) is 58.6 Å². The highest BCUT2D eigenvalue weighted by molar-refractivity contribution is 6.01. The highest BCUT2D eigenvalue weighted by Gasteiger charge is 2.16. The molecule has 1 aromatic heterocycles. The molecule has 3 rings (SSSR count). The van der Waals surface area contributed by atoms with E-state index in [1.165, 1.54) is 22.3 Å². The highest BCUT2D eigenvalue weighted by Crippen LogP contribution is 2.36. The van der Waals surface area contributed by atoms with Gasteiger partial charge in [-0.2, -0.15) is 0 Å². The number of aromatic nitrogens is 2.